The Morgan fingerprint density at radius 1 is 1.52 bits per heavy atom. The molecule has 3 rings (SSSR count). The third kappa shape index (κ3) is 1.87. The van der Waals surface area contributed by atoms with Crippen LogP contribution in [0, 0.1) is 0 Å². The third-order valence-electron chi connectivity index (χ3n) is 3.53. The summed E-state index contributed by atoms with van der Waals surface area (Å²) in [6.45, 7) is -0.559. The van der Waals surface area contributed by atoms with Crippen LogP contribution in [0.3, 0.4) is 0 Å². The van der Waals surface area contributed by atoms with Crippen molar-refractivity contribution in [3.8, 4) is 0 Å². The van der Waals surface area contributed by atoms with Crippen LogP contribution in [0.2, 0.25) is 0 Å². The van der Waals surface area contributed by atoms with Gasteiger partial charge in [-0.2, -0.15) is 0 Å². The van der Waals surface area contributed by atoms with Crippen LogP contribution in [-0.4, -0.2) is 61.5 Å². The Hall–Kier alpha value is -1.88. The van der Waals surface area contributed by atoms with Crippen molar-refractivity contribution in [2.75, 3.05) is 19.5 Å². The molecule has 4 atom stereocenters. The second-order valence-corrected chi connectivity index (χ2v) is 4.64. The van der Waals surface area contributed by atoms with Crippen molar-refractivity contribution >= 4 is 17.0 Å². The zero-order chi connectivity index (χ0) is 15.2. The second-order valence-electron chi connectivity index (χ2n) is 4.64. The van der Waals surface area contributed by atoms with E-state index in [1.54, 1.807) is 0 Å². The molecule has 9 nitrogen and oxygen atoms in total. The predicted octanol–water partition coefficient (Wildman–Crippen LogP) is -1.03. The van der Waals surface area contributed by atoms with Crippen LogP contribution in [0.5, 0.6) is 0 Å². The number of aromatic nitrogens is 4. The average Bonchev–Trinajstić information content (AvgIpc) is 3.01. The number of aliphatic hydroxyl groups excluding tert-OH is 2. The maximum atomic E-state index is 14.9. The molecule has 0 radical (unpaired) electrons. The summed E-state index contributed by atoms with van der Waals surface area (Å²) >= 11 is 0. The highest BCUT2D eigenvalue weighted by molar-refractivity contribution is 5.81. The molecular weight excluding hydrogens is 285 g/mol. The lowest BCUT2D eigenvalue weighted by Crippen LogP contribution is -2.44. The summed E-state index contributed by atoms with van der Waals surface area (Å²) in [6, 6.07) is 0. The quantitative estimate of drug-likeness (QED) is 0.656. The molecule has 1 aliphatic heterocycles. The number of hydrogen-bond donors (Lipinski definition) is 3. The van der Waals surface area contributed by atoms with E-state index in [0.717, 1.165) is 7.11 Å². The molecule has 3 heterocycles. The molecule has 0 spiro atoms. The Balaban J connectivity index is 2.11. The lowest BCUT2D eigenvalue weighted by atomic mass is 10.1. The number of fused-ring (bicyclic) bond motifs is 1. The predicted molar refractivity (Wildman–Crippen MR) is 67.6 cm³/mol. The van der Waals surface area contributed by atoms with E-state index in [-0.39, 0.29) is 17.0 Å². The Labute approximate surface area is 118 Å². The van der Waals surface area contributed by atoms with Crippen molar-refractivity contribution in [1.82, 2.24) is 19.5 Å². The number of nitrogen functional groups attached to an aromatic ring is 1. The molecule has 1 fully saturated rings. The van der Waals surface area contributed by atoms with Gasteiger partial charge in [-0.3, -0.25) is 4.57 Å². The number of alkyl halides is 1. The van der Waals surface area contributed by atoms with Crippen molar-refractivity contribution in [3.05, 3.63) is 12.7 Å². The Bertz CT molecular complexity index is 667. The molecule has 1 saturated heterocycles. The van der Waals surface area contributed by atoms with E-state index >= 15 is 0 Å². The zero-order valence-corrected chi connectivity index (χ0v) is 11.0. The fourth-order valence-corrected chi connectivity index (χ4v) is 2.39. The van der Waals surface area contributed by atoms with Gasteiger partial charge in [0, 0.05) is 7.11 Å². The molecule has 0 aliphatic carbocycles. The van der Waals surface area contributed by atoms with Crippen LogP contribution in [0.1, 0.15) is 6.23 Å². The lowest BCUT2D eigenvalue weighted by Gasteiger charge is -2.27. The standard InChI is InChI=1S/C11H14FN5O4/c1-20-11(12)7(19)5(2-18)21-10(11)17-4-16-6-8(13)14-3-15-9(6)17/h3-5,7,10,18-19H,2H2,1H3,(H2,13,14,15)/t5-,7-,10-,11+/m1/s1. The van der Waals surface area contributed by atoms with E-state index < -0.39 is 30.9 Å². The van der Waals surface area contributed by atoms with Crippen LogP contribution in [0.25, 0.3) is 11.2 Å². The van der Waals surface area contributed by atoms with Crippen LogP contribution >= 0.6 is 0 Å². The van der Waals surface area contributed by atoms with Gasteiger partial charge in [-0.15, -0.1) is 0 Å². The molecular formula is C11H14FN5O4. The summed E-state index contributed by atoms with van der Waals surface area (Å²) in [4.78, 5) is 11.8. The topological polar surface area (TPSA) is 129 Å². The molecule has 4 N–H and O–H groups in total. The van der Waals surface area contributed by atoms with Gasteiger partial charge in [0.05, 0.1) is 12.9 Å². The number of rotatable bonds is 3. The van der Waals surface area contributed by atoms with E-state index in [9.17, 15) is 9.50 Å². The highest BCUT2D eigenvalue weighted by Crippen LogP contribution is 2.43. The van der Waals surface area contributed by atoms with Crippen LogP contribution < -0.4 is 5.73 Å². The van der Waals surface area contributed by atoms with E-state index in [0.29, 0.717) is 0 Å². The van der Waals surface area contributed by atoms with Crippen molar-refractivity contribution < 1.29 is 24.1 Å². The molecule has 114 valence electrons. The molecule has 21 heavy (non-hydrogen) atoms. The van der Waals surface area contributed by atoms with E-state index in [2.05, 4.69) is 15.0 Å². The molecule has 0 aromatic carbocycles. The van der Waals surface area contributed by atoms with Crippen molar-refractivity contribution in [3.63, 3.8) is 0 Å². The molecule has 0 saturated carbocycles. The number of nitrogens with two attached hydrogens (primary N) is 1. The summed E-state index contributed by atoms with van der Waals surface area (Å²) in [6.07, 6.45) is -1.68. The number of hydrogen-bond acceptors (Lipinski definition) is 8. The first-order valence-corrected chi connectivity index (χ1v) is 6.14. The molecule has 0 unspecified atom stereocenters. The number of ether oxygens (including phenoxy) is 2. The lowest BCUT2D eigenvalue weighted by molar-refractivity contribution is -0.214. The summed E-state index contributed by atoms with van der Waals surface area (Å²) in [5.74, 6) is -2.42. The fourth-order valence-electron chi connectivity index (χ4n) is 2.39. The number of nitrogens with zero attached hydrogens (tertiary/aromatic N) is 4. The van der Waals surface area contributed by atoms with Crippen LogP contribution in [-0.2, 0) is 9.47 Å². The highest BCUT2D eigenvalue weighted by Gasteiger charge is 2.59. The number of aliphatic hydroxyl groups is 2. The monoisotopic (exact) mass is 299 g/mol. The minimum absolute atomic E-state index is 0.137. The van der Waals surface area contributed by atoms with Gasteiger partial charge < -0.3 is 25.4 Å². The number of imidazole rings is 1. The largest absolute Gasteiger partial charge is 0.394 e. The van der Waals surface area contributed by atoms with Gasteiger partial charge in [0.25, 0.3) is 5.85 Å². The smallest absolute Gasteiger partial charge is 0.283 e. The zero-order valence-electron chi connectivity index (χ0n) is 11.0. The Kier molecular flexibility index (Phi) is 3.24. The normalized spacial score (nSPS) is 32.9. The first-order chi connectivity index (χ1) is 10.0. The van der Waals surface area contributed by atoms with Crippen molar-refractivity contribution in [2.24, 2.45) is 0 Å². The summed E-state index contributed by atoms with van der Waals surface area (Å²) < 4.78 is 26.3. The number of methoxy groups -OCH3 is 1. The van der Waals surface area contributed by atoms with E-state index in [4.69, 9.17) is 20.3 Å². The fraction of sp³-hybridized carbons (Fsp3) is 0.545. The average molecular weight is 299 g/mol. The van der Waals surface area contributed by atoms with Gasteiger partial charge in [-0.1, -0.05) is 0 Å². The molecule has 0 bridgehead atoms. The molecule has 2 aromatic heterocycles. The van der Waals surface area contributed by atoms with E-state index in [1.165, 1.54) is 17.2 Å². The Morgan fingerprint density at radius 2 is 2.29 bits per heavy atom. The summed E-state index contributed by atoms with van der Waals surface area (Å²) in [5, 5.41) is 19.1. The SMILES string of the molecule is CO[C@@]1(F)[C@H](O)[C@@H](CO)O[C@H]1n1cnc2c(N)ncnc21. The second kappa shape index (κ2) is 4.84. The van der Waals surface area contributed by atoms with Gasteiger partial charge in [0.1, 0.15) is 24.1 Å². The first-order valence-electron chi connectivity index (χ1n) is 6.14. The van der Waals surface area contributed by atoms with Gasteiger partial charge in [0.2, 0.25) is 0 Å². The minimum Gasteiger partial charge on any atom is -0.394 e. The van der Waals surface area contributed by atoms with Gasteiger partial charge in [-0.05, 0) is 0 Å². The summed E-state index contributed by atoms with van der Waals surface area (Å²) in [7, 11) is 1.10. The van der Waals surface area contributed by atoms with Gasteiger partial charge in [0.15, 0.2) is 17.7 Å². The number of halogens is 1. The summed E-state index contributed by atoms with van der Waals surface area (Å²) in [5.41, 5.74) is 6.18. The third-order valence-corrected chi connectivity index (χ3v) is 3.53. The minimum atomic E-state index is -2.55. The molecule has 10 heteroatoms. The van der Waals surface area contributed by atoms with E-state index in [1.807, 2.05) is 0 Å². The Morgan fingerprint density at radius 3 is 2.95 bits per heavy atom. The molecule has 0 amide bonds. The maximum absolute atomic E-state index is 14.9. The first kappa shape index (κ1) is 14.1. The highest BCUT2D eigenvalue weighted by atomic mass is 19.2. The molecule has 1 aliphatic rings. The maximum Gasteiger partial charge on any atom is 0.283 e. The number of anilines is 1. The molecule has 2 aromatic rings. The van der Waals surface area contributed by atoms with Crippen LogP contribution in [0.15, 0.2) is 12.7 Å². The van der Waals surface area contributed by atoms with Gasteiger partial charge >= 0.3 is 0 Å². The van der Waals surface area contributed by atoms with Gasteiger partial charge in [-0.25, -0.2) is 19.3 Å². The van der Waals surface area contributed by atoms with Crippen molar-refractivity contribution in [2.45, 2.75) is 24.3 Å². The van der Waals surface area contributed by atoms with Crippen molar-refractivity contribution in [1.29, 1.82) is 0 Å². The van der Waals surface area contributed by atoms with Crippen LogP contribution in [0.4, 0.5) is 10.2 Å².